The molecular weight excluding hydrogens is 306 g/mol. The molecule has 0 spiro atoms. The number of aromatic amines is 1. The molecule has 0 amide bonds. The molecule has 3 heterocycles. The van der Waals surface area contributed by atoms with E-state index in [4.69, 9.17) is 9.47 Å². The van der Waals surface area contributed by atoms with Gasteiger partial charge in [-0.25, -0.2) is 4.98 Å². The minimum Gasteiger partial charge on any atom is -0.497 e. The summed E-state index contributed by atoms with van der Waals surface area (Å²) in [6, 6.07) is 7.53. The zero-order chi connectivity index (χ0) is 16.5. The van der Waals surface area contributed by atoms with Crippen molar-refractivity contribution < 1.29 is 9.47 Å². The van der Waals surface area contributed by atoms with E-state index in [9.17, 15) is 4.79 Å². The van der Waals surface area contributed by atoms with Gasteiger partial charge in [0.1, 0.15) is 11.6 Å². The number of ether oxygens (including phenoxy) is 2. The molecule has 1 aromatic carbocycles. The van der Waals surface area contributed by atoms with E-state index in [-0.39, 0.29) is 5.56 Å². The van der Waals surface area contributed by atoms with Crippen molar-refractivity contribution in [3.05, 3.63) is 47.0 Å². The Bertz CT molecular complexity index is 923. The molecule has 1 fully saturated rings. The Hall–Kier alpha value is -2.60. The van der Waals surface area contributed by atoms with Crippen LogP contribution < -0.4 is 10.3 Å². The number of rotatable bonds is 4. The van der Waals surface area contributed by atoms with Crippen LogP contribution >= 0.6 is 0 Å². The predicted octanol–water partition coefficient (Wildman–Crippen LogP) is 2.44. The lowest BCUT2D eigenvalue weighted by Crippen LogP contribution is -2.15. The van der Waals surface area contributed by atoms with Gasteiger partial charge in [0.05, 0.1) is 24.8 Å². The summed E-state index contributed by atoms with van der Waals surface area (Å²) in [6.07, 6.45) is 4.71. The first-order valence-corrected chi connectivity index (χ1v) is 8.05. The maximum Gasteiger partial charge on any atom is 0.259 e. The van der Waals surface area contributed by atoms with E-state index in [1.807, 2.05) is 35.0 Å². The highest BCUT2D eigenvalue weighted by Gasteiger charge is 2.19. The fraction of sp³-hybridized carbons (Fsp3) is 0.333. The van der Waals surface area contributed by atoms with Gasteiger partial charge in [-0.05, 0) is 30.0 Å². The molecule has 1 unspecified atom stereocenters. The van der Waals surface area contributed by atoms with Crippen molar-refractivity contribution in [3.63, 3.8) is 0 Å². The van der Waals surface area contributed by atoms with Gasteiger partial charge in [0.2, 0.25) is 0 Å². The van der Waals surface area contributed by atoms with Crippen LogP contribution in [0.5, 0.6) is 5.75 Å². The topological polar surface area (TPSA) is 69.1 Å². The van der Waals surface area contributed by atoms with Crippen LogP contribution in [0.25, 0.3) is 22.3 Å². The maximum atomic E-state index is 12.5. The largest absolute Gasteiger partial charge is 0.497 e. The molecule has 24 heavy (non-hydrogen) atoms. The highest BCUT2D eigenvalue weighted by Crippen LogP contribution is 2.23. The summed E-state index contributed by atoms with van der Waals surface area (Å²) < 4.78 is 12.7. The Kier molecular flexibility index (Phi) is 3.82. The third kappa shape index (κ3) is 2.69. The molecule has 1 aliphatic rings. The maximum absolute atomic E-state index is 12.5. The number of hydrogen-bond donors (Lipinski definition) is 1. The number of H-pyrrole nitrogens is 1. The van der Waals surface area contributed by atoms with Crippen molar-refractivity contribution in [1.29, 1.82) is 0 Å². The Morgan fingerprint density at radius 3 is 3.12 bits per heavy atom. The first-order valence-electron chi connectivity index (χ1n) is 8.05. The zero-order valence-electron chi connectivity index (χ0n) is 13.5. The SMILES string of the molecule is COc1ccc2cc(-c3nccn3CC3CCOC3)c(=O)[nH]c2c1. The Balaban J connectivity index is 1.75. The van der Waals surface area contributed by atoms with E-state index in [0.29, 0.717) is 23.1 Å². The number of imidazole rings is 1. The van der Waals surface area contributed by atoms with Gasteiger partial charge in [-0.15, -0.1) is 0 Å². The minimum atomic E-state index is -0.147. The lowest BCUT2D eigenvalue weighted by molar-refractivity contribution is 0.182. The van der Waals surface area contributed by atoms with Gasteiger partial charge in [-0.3, -0.25) is 4.79 Å². The number of aromatic nitrogens is 3. The van der Waals surface area contributed by atoms with Crippen molar-refractivity contribution in [2.45, 2.75) is 13.0 Å². The predicted molar refractivity (Wildman–Crippen MR) is 91.3 cm³/mol. The van der Waals surface area contributed by atoms with E-state index in [0.717, 1.165) is 37.1 Å². The summed E-state index contributed by atoms with van der Waals surface area (Å²) in [5, 5.41) is 0.948. The Labute approximate surface area is 139 Å². The van der Waals surface area contributed by atoms with Crippen molar-refractivity contribution >= 4 is 10.9 Å². The molecule has 1 aliphatic heterocycles. The van der Waals surface area contributed by atoms with Gasteiger partial charge in [0, 0.05) is 37.5 Å². The summed E-state index contributed by atoms with van der Waals surface area (Å²) >= 11 is 0. The van der Waals surface area contributed by atoms with Crippen LogP contribution in [0.4, 0.5) is 0 Å². The molecule has 124 valence electrons. The first kappa shape index (κ1) is 15.0. The molecule has 0 radical (unpaired) electrons. The molecule has 3 aromatic rings. The number of pyridine rings is 1. The standard InChI is InChI=1S/C18H19N3O3/c1-23-14-3-2-13-8-15(18(22)20-16(13)9-14)17-19-5-6-21(17)10-12-4-7-24-11-12/h2-3,5-6,8-9,12H,4,7,10-11H2,1H3,(H,20,22). The summed E-state index contributed by atoms with van der Waals surface area (Å²) in [7, 11) is 1.61. The van der Waals surface area contributed by atoms with E-state index in [1.54, 1.807) is 13.3 Å². The van der Waals surface area contributed by atoms with Crippen LogP contribution in [0.1, 0.15) is 6.42 Å². The average Bonchev–Trinajstić information content (AvgIpc) is 3.26. The van der Waals surface area contributed by atoms with E-state index >= 15 is 0 Å². The van der Waals surface area contributed by atoms with E-state index < -0.39 is 0 Å². The molecule has 1 N–H and O–H groups in total. The number of methoxy groups -OCH3 is 1. The molecule has 0 bridgehead atoms. The van der Waals surface area contributed by atoms with Crippen LogP contribution in [0.3, 0.4) is 0 Å². The quantitative estimate of drug-likeness (QED) is 0.800. The van der Waals surface area contributed by atoms with Crippen molar-refractivity contribution in [2.75, 3.05) is 20.3 Å². The van der Waals surface area contributed by atoms with Crippen molar-refractivity contribution in [2.24, 2.45) is 5.92 Å². The number of hydrogen-bond acceptors (Lipinski definition) is 4. The number of fused-ring (bicyclic) bond motifs is 1. The second-order valence-electron chi connectivity index (χ2n) is 6.10. The van der Waals surface area contributed by atoms with Gasteiger partial charge in [0.15, 0.2) is 0 Å². The lowest BCUT2D eigenvalue weighted by atomic mass is 10.1. The van der Waals surface area contributed by atoms with Crippen LogP contribution in [-0.4, -0.2) is 34.9 Å². The van der Waals surface area contributed by atoms with Gasteiger partial charge in [-0.2, -0.15) is 0 Å². The summed E-state index contributed by atoms with van der Waals surface area (Å²) in [6.45, 7) is 2.40. The Morgan fingerprint density at radius 1 is 1.42 bits per heavy atom. The highest BCUT2D eigenvalue weighted by atomic mass is 16.5. The molecule has 0 saturated carbocycles. The Morgan fingerprint density at radius 2 is 2.33 bits per heavy atom. The minimum absolute atomic E-state index is 0.147. The zero-order valence-corrected chi connectivity index (χ0v) is 13.5. The molecule has 1 atom stereocenters. The second-order valence-corrected chi connectivity index (χ2v) is 6.10. The second kappa shape index (κ2) is 6.13. The normalized spacial score (nSPS) is 17.5. The van der Waals surface area contributed by atoms with E-state index in [2.05, 4.69) is 9.97 Å². The summed E-state index contributed by atoms with van der Waals surface area (Å²) in [5.41, 5.74) is 1.19. The van der Waals surface area contributed by atoms with E-state index in [1.165, 1.54) is 0 Å². The molecule has 2 aromatic heterocycles. The molecule has 4 rings (SSSR count). The molecular formula is C18H19N3O3. The van der Waals surface area contributed by atoms with Crippen LogP contribution in [0.15, 0.2) is 41.5 Å². The monoisotopic (exact) mass is 325 g/mol. The van der Waals surface area contributed by atoms with Crippen molar-refractivity contribution in [3.8, 4) is 17.1 Å². The smallest absolute Gasteiger partial charge is 0.259 e. The average molecular weight is 325 g/mol. The number of nitrogens with one attached hydrogen (secondary N) is 1. The highest BCUT2D eigenvalue weighted by molar-refractivity contribution is 5.83. The molecule has 6 nitrogen and oxygen atoms in total. The van der Waals surface area contributed by atoms with Crippen LogP contribution in [-0.2, 0) is 11.3 Å². The van der Waals surface area contributed by atoms with Gasteiger partial charge in [-0.1, -0.05) is 0 Å². The number of nitrogens with zero attached hydrogens (tertiary/aromatic N) is 2. The molecule has 1 saturated heterocycles. The number of benzene rings is 1. The van der Waals surface area contributed by atoms with Gasteiger partial charge in [0.25, 0.3) is 5.56 Å². The molecule has 6 heteroatoms. The third-order valence-corrected chi connectivity index (χ3v) is 4.49. The fourth-order valence-corrected chi connectivity index (χ4v) is 3.18. The first-order chi connectivity index (χ1) is 11.7. The van der Waals surface area contributed by atoms with Gasteiger partial charge >= 0.3 is 0 Å². The molecule has 0 aliphatic carbocycles. The third-order valence-electron chi connectivity index (χ3n) is 4.49. The van der Waals surface area contributed by atoms with Crippen molar-refractivity contribution in [1.82, 2.24) is 14.5 Å². The lowest BCUT2D eigenvalue weighted by Gasteiger charge is -2.12. The fourth-order valence-electron chi connectivity index (χ4n) is 3.18. The summed E-state index contributed by atoms with van der Waals surface area (Å²) in [4.78, 5) is 19.9. The van der Waals surface area contributed by atoms with Crippen LogP contribution in [0, 0.1) is 5.92 Å². The summed E-state index contributed by atoms with van der Waals surface area (Å²) in [5.74, 6) is 1.89. The van der Waals surface area contributed by atoms with Gasteiger partial charge < -0.3 is 19.0 Å². The van der Waals surface area contributed by atoms with Crippen LogP contribution in [0.2, 0.25) is 0 Å².